The van der Waals surface area contributed by atoms with Crippen molar-refractivity contribution in [1.29, 1.82) is 0 Å². The van der Waals surface area contributed by atoms with E-state index in [9.17, 15) is 28.5 Å². The van der Waals surface area contributed by atoms with Crippen LogP contribution in [-0.2, 0) is 38.3 Å². The number of esters is 1. The second-order valence-electron chi connectivity index (χ2n) is 15.7. The topological polar surface area (TPSA) is 178 Å². The van der Waals surface area contributed by atoms with Crippen LogP contribution in [-0.4, -0.2) is 97.5 Å². The molecule has 1 aliphatic heterocycles. The lowest BCUT2D eigenvalue weighted by molar-refractivity contribution is -0.301. The zero-order chi connectivity index (χ0) is 40.4. The monoisotopic (exact) mass is 811 g/mol. The fourth-order valence-electron chi connectivity index (χ4n) is 7.09. The molecular formula is C42H82O12S. The van der Waals surface area contributed by atoms with Gasteiger partial charge in [0.15, 0.2) is 6.29 Å². The Labute approximate surface area is 335 Å². The maximum Gasteiger partial charge on any atom is 0.397 e. The first-order valence-corrected chi connectivity index (χ1v) is 23.7. The van der Waals surface area contributed by atoms with Crippen molar-refractivity contribution in [2.45, 2.75) is 237 Å². The first-order chi connectivity index (χ1) is 26.6. The van der Waals surface area contributed by atoms with E-state index in [0.29, 0.717) is 13.0 Å². The third-order valence-electron chi connectivity index (χ3n) is 10.5. The molecule has 0 saturated carbocycles. The van der Waals surface area contributed by atoms with Crippen molar-refractivity contribution >= 4 is 16.4 Å². The molecule has 12 nitrogen and oxygen atoms in total. The van der Waals surface area contributed by atoms with Gasteiger partial charge in [0.25, 0.3) is 0 Å². The van der Waals surface area contributed by atoms with Crippen molar-refractivity contribution in [3.63, 3.8) is 0 Å². The molecule has 0 aliphatic carbocycles. The summed E-state index contributed by atoms with van der Waals surface area (Å²) in [5, 5.41) is 30.6. The minimum absolute atomic E-state index is 0.0443. The normalized spacial score (nSPS) is 20.9. The molecular weight excluding hydrogens is 729 g/mol. The Morgan fingerprint density at radius 3 is 1.45 bits per heavy atom. The van der Waals surface area contributed by atoms with Crippen LogP contribution in [0.2, 0.25) is 0 Å². The quantitative estimate of drug-likeness (QED) is 0.0264. The molecule has 0 aromatic carbocycles. The Morgan fingerprint density at radius 1 is 0.618 bits per heavy atom. The summed E-state index contributed by atoms with van der Waals surface area (Å²) in [6, 6.07) is 0. The fourth-order valence-corrected chi connectivity index (χ4v) is 7.59. The molecule has 1 rings (SSSR count). The lowest BCUT2D eigenvalue weighted by Gasteiger charge is -2.41. The molecule has 6 unspecified atom stereocenters. The average molecular weight is 811 g/mol. The van der Waals surface area contributed by atoms with Crippen LogP contribution in [0.5, 0.6) is 0 Å². The number of ether oxygens (including phenoxy) is 4. The average Bonchev–Trinajstić information content (AvgIpc) is 3.15. The van der Waals surface area contributed by atoms with E-state index in [1.807, 2.05) is 0 Å². The number of rotatable bonds is 39. The van der Waals surface area contributed by atoms with E-state index in [-0.39, 0.29) is 19.6 Å². The Hall–Kier alpha value is -0.900. The smallest absolute Gasteiger partial charge is 0.397 e. The van der Waals surface area contributed by atoms with E-state index in [1.165, 1.54) is 135 Å². The highest BCUT2D eigenvalue weighted by atomic mass is 32.3. The van der Waals surface area contributed by atoms with Crippen LogP contribution in [0.25, 0.3) is 0 Å². The highest BCUT2D eigenvalue weighted by molar-refractivity contribution is 7.80. The van der Waals surface area contributed by atoms with Gasteiger partial charge in [-0.15, -0.1) is 0 Å². The van der Waals surface area contributed by atoms with Crippen molar-refractivity contribution < 1.29 is 56.2 Å². The highest BCUT2D eigenvalue weighted by Gasteiger charge is 2.48. The summed E-state index contributed by atoms with van der Waals surface area (Å²) in [5.41, 5.74) is 0. The Morgan fingerprint density at radius 2 is 1.04 bits per heavy atom. The zero-order valence-corrected chi connectivity index (χ0v) is 35.6. The van der Waals surface area contributed by atoms with Gasteiger partial charge in [0, 0.05) is 13.0 Å². The van der Waals surface area contributed by atoms with E-state index in [0.717, 1.165) is 38.5 Å². The van der Waals surface area contributed by atoms with Gasteiger partial charge in [-0.2, -0.15) is 8.42 Å². The zero-order valence-electron chi connectivity index (χ0n) is 34.8. The summed E-state index contributed by atoms with van der Waals surface area (Å²) in [6.07, 6.45) is 25.7. The van der Waals surface area contributed by atoms with Gasteiger partial charge in [-0.25, -0.2) is 4.18 Å². The van der Waals surface area contributed by atoms with Gasteiger partial charge in [0.2, 0.25) is 0 Å². The summed E-state index contributed by atoms with van der Waals surface area (Å²) in [4.78, 5) is 12.8. The molecule has 328 valence electrons. The molecule has 4 N–H and O–H groups in total. The molecule has 1 heterocycles. The number of hydrogen-bond acceptors (Lipinski definition) is 11. The minimum Gasteiger partial charge on any atom is -0.457 e. The van der Waals surface area contributed by atoms with Gasteiger partial charge < -0.3 is 34.3 Å². The van der Waals surface area contributed by atoms with Crippen molar-refractivity contribution in [2.24, 2.45) is 0 Å². The first-order valence-electron chi connectivity index (χ1n) is 22.3. The van der Waals surface area contributed by atoms with Crippen LogP contribution < -0.4 is 0 Å². The summed E-state index contributed by atoms with van der Waals surface area (Å²) >= 11 is 0. The van der Waals surface area contributed by atoms with Crippen LogP contribution >= 0.6 is 0 Å². The molecule has 13 heteroatoms. The van der Waals surface area contributed by atoms with Gasteiger partial charge in [-0.1, -0.05) is 181 Å². The van der Waals surface area contributed by atoms with Gasteiger partial charge in [0.05, 0.1) is 19.8 Å². The second kappa shape index (κ2) is 35.1. The number of unbranched alkanes of at least 4 members (excludes halogenated alkanes) is 26. The van der Waals surface area contributed by atoms with Crippen molar-refractivity contribution in [3.05, 3.63) is 0 Å². The Kier molecular flexibility index (Phi) is 33.2. The predicted octanol–water partition coefficient (Wildman–Crippen LogP) is 8.91. The van der Waals surface area contributed by atoms with Crippen LogP contribution in [0.1, 0.15) is 200 Å². The number of aliphatic hydroxyl groups is 3. The number of hydrogen-bond donors (Lipinski definition) is 4. The molecule has 1 aliphatic rings. The second-order valence-corrected chi connectivity index (χ2v) is 16.7. The lowest BCUT2D eigenvalue weighted by atomic mass is 9.99. The summed E-state index contributed by atoms with van der Waals surface area (Å²) < 4.78 is 59.0. The first kappa shape index (κ1) is 52.1. The molecule has 6 atom stereocenters. The van der Waals surface area contributed by atoms with Crippen LogP contribution in [0, 0.1) is 0 Å². The molecule has 0 aromatic heterocycles. The standard InChI is InChI=1S/C42H82O12S/c1-3-5-7-9-11-13-15-16-17-18-19-20-22-24-26-28-30-32-50-34-36(52-38(44)31-29-27-25-23-21-14-12-10-8-6-4-2)35-51-42-40(46)41(54-55(47,48)49)39(45)37(33-43)53-42/h36-37,39-43,45-46H,3-35H2,1-2H3,(H,47,48,49). The van der Waals surface area contributed by atoms with Crippen LogP contribution in [0.4, 0.5) is 0 Å². The van der Waals surface area contributed by atoms with E-state index >= 15 is 0 Å². The SMILES string of the molecule is CCCCCCCCCCCCCCCCCCCOCC(COC1OC(CO)C(O)C(OS(=O)(=O)O)C1O)OC(=O)CCCCCCCCCCCCC. The highest BCUT2D eigenvalue weighted by Crippen LogP contribution is 2.26. The maximum atomic E-state index is 12.8. The van der Waals surface area contributed by atoms with E-state index in [4.69, 9.17) is 23.5 Å². The molecule has 0 radical (unpaired) electrons. The van der Waals surface area contributed by atoms with Gasteiger partial charge in [-0.05, 0) is 12.8 Å². The maximum absolute atomic E-state index is 12.8. The molecule has 0 aromatic rings. The summed E-state index contributed by atoms with van der Waals surface area (Å²) in [5.74, 6) is -0.396. The predicted molar refractivity (Wildman–Crippen MR) is 216 cm³/mol. The molecule has 1 saturated heterocycles. The van der Waals surface area contributed by atoms with Crippen molar-refractivity contribution in [1.82, 2.24) is 0 Å². The molecule has 0 spiro atoms. The Balaban J connectivity index is 2.40. The minimum atomic E-state index is -5.05. The van der Waals surface area contributed by atoms with Crippen molar-refractivity contribution in [2.75, 3.05) is 26.4 Å². The Bertz CT molecular complexity index is 984. The molecule has 55 heavy (non-hydrogen) atoms. The lowest BCUT2D eigenvalue weighted by Crippen LogP contribution is -2.60. The fraction of sp³-hybridized carbons (Fsp3) is 0.976. The van der Waals surface area contributed by atoms with Gasteiger partial charge in [-0.3, -0.25) is 9.35 Å². The number of carbonyl (C=O) groups excluding carboxylic acids is 1. The van der Waals surface area contributed by atoms with E-state index in [2.05, 4.69) is 18.0 Å². The van der Waals surface area contributed by atoms with E-state index in [1.54, 1.807) is 0 Å². The third kappa shape index (κ3) is 29.0. The number of aliphatic hydroxyl groups excluding tert-OH is 3. The largest absolute Gasteiger partial charge is 0.457 e. The third-order valence-corrected chi connectivity index (χ3v) is 10.9. The van der Waals surface area contributed by atoms with Crippen molar-refractivity contribution in [3.8, 4) is 0 Å². The van der Waals surface area contributed by atoms with Gasteiger partial charge in [0.1, 0.15) is 30.5 Å². The molecule has 0 bridgehead atoms. The summed E-state index contributed by atoms with van der Waals surface area (Å²) in [6.45, 7) is 4.01. The molecule has 0 amide bonds. The molecule has 1 fully saturated rings. The summed E-state index contributed by atoms with van der Waals surface area (Å²) in [7, 11) is -5.05. The van der Waals surface area contributed by atoms with Crippen LogP contribution in [0.3, 0.4) is 0 Å². The number of carbonyl (C=O) groups is 1. The van der Waals surface area contributed by atoms with Crippen LogP contribution in [0.15, 0.2) is 0 Å². The van der Waals surface area contributed by atoms with E-state index < -0.39 is 59.8 Å². The van der Waals surface area contributed by atoms with Gasteiger partial charge >= 0.3 is 16.4 Å².